The fourth-order valence-corrected chi connectivity index (χ4v) is 2.15. The van der Waals surface area contributed by atoms with Crippen LogP contribution < -0.4 is 0 Å². The molecule has 0 saturated carbocycles. The van der Waals surface area contributed by atoms with Gasteiger partial charge in [0, 0.05) is 11.8 Å². The second kappa shape index (κ2) is 9.76. The minimum absolute atomic E-state index is 0.516. The smallest absolute Gasteiger partial charge is 0.0177 e. The van der Waals surface area contributed by atoms with E-state index in [9.17, 15) is 0 Å². The van der Waals surface area contributed by atoms with Gasteiger partial charge in [-0.2, -0.15) is 0 Å². The van der Waals surface area contributed by atoms with Crippen molar-refractivity contribution in [3.8, 4) is 11.8 Å². The first-order valence-corrected chi connectivity index (χ1v) is 7.11. The van der Waals surface area contributed by atoms with Gasteiger partial charge in [-0.1, -0.05) is 72.6 Å². The maximum atomic E-state index is 3.40. The zero-order chi connectivity index (χ0) is 12.4. The van der Waals surface area contributed by atoms with E-state index < -0.39 is 0 Å². The number of hydrogen-bond donors (Lipinski definition) is 0. The first-order chi connectivity index (χ1) is 7.60. The largest absolute Gasteiger partial charge is 0.100 e. The summed E-state index contributed by atoms with van der Waals surface area (Å²) in [5.41, 5.74) is 0. The van der Waals surface area contributed by atoms with Crippen molar-refractivity contribution in [2.75, 3.05) is 0 Å². The normalized spacial score (nSPS) is 14.4. The lowest BCUT2D eigenvalue weighted by Crippen LogP contribution is -2.05. The standard InChI is InChI=1S/C16H30/c1-6-8-10-16(9-7-2)13-15(5)12-11-14(3)4/h14-16H,6-10,13H2,1-5H3. The van der Waals surface area contributed by atoms with Crippen molar-refractivity contribution in [1.82, 2.24) is 0 Å². The predicted molar refractivity (Wildman–Crippen MR) is 74.3 cm³/mol. The van der Waals surface area contributed by atoms with Gasteiger partial charge in [0.05, 0.1) is 0 Å². The Labute approximate surface area is 103 Å². The summed E-state index contributed by atoms with van der Waals surface area (Å²) in [6.07, 6.45) is 8.11. The molecule has 0 saturated heterocycles. The van der Waals surface area contributed by atoms with E-state index >= 15 is 0 Å². The van der Waals surface area contributed by atoms with Gasteiger partial charge in [-0.25, -0.2) is 0 Å². The average Bonchev–Trinajstić information content (AvgIpc) is 2.23. The van der Waals surface area contributed by atoms with E-state index in [0.29, 0.717) is 11.8 Å². The fourth-order valence-electron chi connectivity index (χ4n) is 2.15. The molecule has 0 fully saturated rings. The number of unbranched alkanes of at least 4 members (excludes halogenated alkanes) is 1. The number of rotatable bonds is 7. The van der Waals surface area contributed by atoms with Crippen LogP contribution in [0.4, 0.5) is 0 Å². The van der Waals surface area contributed by atoms with E-state index in [4.69, 9.17) is 0 Å². The third-order valence-corrected chi connectivity index (χ3v) is 2.97. The van der Waals surface area contributed by atoms with Crippen molar-refractivity contribution in [2.45, 2.75) is 73.1 Å². The van der Waals surface area contributed by atoms with Crippen LogP contribution in [0.2, 0.25) is 0 Å². The van der Waals surface area contributed by atoms with Crippen LogP contribution in [0.3, 0.4) is 0 Å². The molecule has 0 heteroatoms. The van der Waals surface area contributed by atoms with Gasteiger partial charge >= 0.3 is 0 Å². The molecular weight excluding hydrogens is 192 g/mol. The molecule has 0 amide bonds. The molecule has 0 N–H and O–H groups in total. The minimum atomic E-state index is 0.516. The molecule has 0 nitrogen and oxygen atoms in total. The summed E-state index contributed by atoms with van der Waals surface area (Å²) in [7, 11) is 0. The first kappa shape index (κ1) is 15.6. The van der Waals surface area contributed by atoms with Gasteiger partial charge in [-0.3, -0.25) is 0 Å². The lowest BCUT2D eigenvalue weighted by Gasteiger charge is -2.17. The Kier molecular flexibility index (Phi) is 9.49. The summed E-state index contributed by atoms with van der Waals surface area (Å²) in [5, 5.41) is 0. The Morgan fingerprint density at radius 2 is 1.56 bits per heavy atom. The lowest BCUT2D eigenvalue weighted by molar-refractivity contribution is 0.372. The van der Waals surface area contributed by atoms with Crippen LogP contribution in [-0.2, 0) is 0 Å². The first-order valence-electron chi connectivity index (χ1n) is 7.11. The van der Waals surface area contributed by atoms with Crippen molar-refractivity contribution >= 4 is 0 Å². The van der Waals surface area contributed by atoms with Gasteiger partial charge in [0.1, 0.15) is 0 Å². The van der Waals surface area contributed by atoms with E-state index in [2.05, 4.69) is 46.5 Å². The Balaban J connectivity index is 4.02. The van der Waals surface area contributed by atoms with Gasteiger partial charge < -0.3 is 0 Å². The molecule has 0 heterocycles. The van der Waals surface area contributed by atoms with E-state index in [1.807, 2.05) is 0 Å². The molecule has 0 aromatic heterocycles. The summed E-state index contributed by atoms with van der Waals surface area (Å²) >= 11 is 0. The van der Waals surface area contributed by atoms with Gasteiger partial charge in [-0.15, -0.1) is 5.92 Å². The topological polar surface area (TPSA) is 0 Å². The zero-order valence-electron chi connectivity index (χ0n) is 12.0. The summed E-state index contributed by atoms with van der Waals surface area (Å²) in [5.74, 6) is 8.70. The lowest BCUT2D eigenvalue weighted by atomic mass is 9.88. The molecule has 0 aliphatic heterocycles. The monoisotopic (exact) mass is 222 g/mol. The van der Waals surface area contributed by atoms with Crippen LogP contribution in [0, 0.1) is 29.6 Å². The molecule has 16 heavy (non-hydrogen) atoms. The molecule has 0 rings (SSSR count). The van der Waals surface area contributed by atoms with E-state index in [-0.39, 0.29) is 0 Å². The quantitative estimate of drug-likeness (QED) is 0.514. The summed E-state index contributed by atoms with van der Waals surface area (Å²) in [4.78, 5) is 0. The predicted octanol–water partition coefficient (Wildman–Crippen LogP) is 5.28. The highest BCUT2D eigenvalue weighted by Crippen LogP contribution is 2.22. The van der Waals surface area contributed by atoms with Crippen LogP contribution in [0.5, 0.6) is 0 Å². The summed E-state index contributed by atoms with van der Waals surface area (Å²) < 4.78 is 0. The van der Waals surface area contributed by atoms with Crippen molar-refractivity contribution in [3.63, 3.8) is 0 Å². The highest BCUT2D eigenvalue weighted by Gasteiger charge is 2.10. The molecule has 0 aromatic rings. The molecule has 2 unspecified atom stereocenters. The molecule has 94 valence electrons. The molecule has 0 radical (unpaired) electrons. The van der Waals surface area contributed by atoms with E-state index in [0.717, 1.165) is 5.92 Å². The second-order valence-corrected chi connectivity index (χ2v) is 5.38. The highest BCUT2D eigenvalue weighted by atomic mass is 14.2. The van der Waals surface area contributed by atoms with Crippen molar-refractivity contribution in [3.05, 3.63) is 0 Å². The second-order valence-electron chi connectivity index (χ2n) is 5.38. The Morgan fingerprint density at radius 3 is 2.06 bits per heavy atom. The van der Waals surface area contributed by atoms with Crippen LogP contribution >= 0.6 is 0 Å². The maximum absolute atomic E-state index is 3.40. The third-order valence-electron chi connectivity index (χ3n) is 2.97. The molecule has 0 aromatic carbocycles. The molecule has 0 aliphatic carbocycles. The Bertz CT molecular complexity index is 204. The SMILES string of the molecule is CCCCC(CCC)CC(C)C#CC(C)C. The van der Waals surface area contributed by atoms with E-state index in [1.54, 1.807) is 0 Å². The van der Waals surface area contributed by atoms with Crippen LogP contribution in [0.25, 0.3) is 0 Å². The summed E-state index contributed by atoms with van der Waals surface area (Å²) in [6.45, 7) is 11.2. The Hall–Kier alpha value is -0.440. The zero-order valence-corrected chi connectivity index (χ0v) is 12.0. The van der Waals surface area contributed by atoms with Crippen LogP contribution in [0.1, 0.15) is 73.1 Å². The maximum Gasteiger partial charge on any atom is 0.0177 e. The molecule has 0 spiro atoms. The third kappa shape index (κ3) is 8.84. The van der Waals surface area contributed by atoms with Crippen molar-refractivity contribution < 1.29 is 0 Å². The highest BCUT2D eigenvalue weighted by molar-refractivity contribution is 5.04. The summed E-state index contributed by atoms with van der Waals surface area (Å²) in [6, 6.07) is 0. The van der Waals surface area contributed by atoms with Gasteiger partial charge in [0.2, 0.25) is 0 Å². The van der Waals surface area contributed by atoms with E-state index in [1.165, 1.54) is 38.5 Å². The van der Waals surface area contributed by atoms with Crippen LogP contribution in [0.15, 0.2) is 0 Å². The van der Waals surface area contributed by atoms with Gasteiger partial charge in [0.15, 0.2) is 0 Å². The minimum Gasteiger partial charge on any atom is -0.100 e. The molecule has 0 aliphatic rings. The average molecular weight is 222 g/mol. The van der Waals surface area contributed by atoms with Gasteiger partial charge in [0.25, 0.3) is 0 Å². The Morgan fingerprint density at radius 1 is 0.875 bits per heavy atom. The van der Waals surface area contributed by atoms with Crippen molar-refractivity contribution in [1.29, 1.82) is 0 Å². The van der Waals surface area contributed by atoms with Crippen molar-refractivity contribution in [2.24, 2.45) is 17.8 Å². The molecular formula is C16H30. The molecule has 2 atom stereocenters. The van der Waals surface area contributed by atoms with Crippen LogP contribution in [-0.4, -0.2) is 0 Å². The number of hydrogen-bond acceptors (Lipinski definition) is 0. The molecule has 0 bridgehead atoms. The van der Waals surface area contributed by atoms with Gasteiger partial charge in [-0.05, 0) is 12.3 Å². The fraction of sp³-hybridized carbons (Fsp3) is 0.875.